The quantitative estimate of drug-likeness (QED) is 0.677. The van der Waals surface area contributed by atoms with Gasteiger partial charge in [0.15, 0.2) is 0 Å². The van der Waals surface area contributed by atoms with Crippen molar-refractivity contribution in [1.82, 2.24) is 9.97 Å². The molecule has 0 aromatic carbocycles. The van der Waals surface area contributed by atoms with Gasteiger partial charge in [-0.3, -0.25) is 0 Å². The van der Waals surface area contributed by atoms with Crippen LogP contribution >= 0.6 is 0 Å². The fraction of sp³-hybridized carbons (Fsp3) is 0.500. The van der Waals surface area contributed by atoms with Crippen LogP contribution in [0.2, 0.25) is 0 Å². The summed E-state index contributed by atoms with van der Waals surface area (Å²) in [5.74, 6) is 1.39. The highest BCUT2D eigenvalue weighted by atomic mass is 14.9. The third-order valence-electron chi connectivity index (χ3n) is 2.55. The highest BCUT2D eigenvalue weighted by Gasteiger charge is 2.14. The Hall–Kier alpha value is -1.18. The molecule has 1 aromatic rings. The maximum Gasteiger partial charge on any atom is 0.125 e. The first-order valence-corrected chi connectivity index (χ1v) is 5.22. The molecule has 0 amide bonds. The van der Waals surface area contributed by atoms with Gasteiger partial charge in [-0.15, -0.1) is 0 Å². The zero-order valence-electron chi connectivity index (χ0n) is 9.04. The van der Waals surface area contributed by atoms with Crippen LogP contribution in [-0.2, 0) is 6.42 Å². The Morgan fingerprint density at radius 2 is 2.07 bits per heavy atom. The van der Waals surface area contributed by atoms with E-state index in [-0.39, 0.29) is 0 Å². The van der Waals surface area contributed by atoms with Gasteiger partial charge >= 0.3 is 0 Å². The van der Waals surface area contributed by atoms with Crippen molar-refractivity contribution >= 4 is 6.08 Å². The maximum atomic E-state index is 4.52. The summed E-state index contributed by atoms with van der Waals surface area (Å²) in [6.45, 7) is 6.35. The molecule has 1 aliphatic rings. The third-order valence-corrected chi connectivity index (χ3v) is 2.55. The Kier molecular flexibility index (Phi) is 2.36. The minimum atomic E-state index is 0.480. The zero-order valence-corrected chi connectivity index (χ0v) is 9.04. The van der Waals surface area contributed by atoms with Crippen LogP contribution in [0.5, 0.6) is 0 Å². The molecule has 1 aromatic heterocycles. The van der Waals surface area contributed by atoms with Crippen LogP contribution in [0.1, 0.15) is 49.0 Å². The van der Waals surface area contributed by atoms with Gasteiger partial charge in [-0.1, -0.05) is 26.0 Å². The molecule has 14 heavy (non-hydrogen) atoms. The fourth-order valence-corrected chi connectivity index (χ4v) is 1.90. The van der Waals surface area contributed by atoms with Gasteiger partial charge in [0.05, 0.1) is 11.4 Å². The molecule has 0 spiro atoms. The second kappa shape index (κ2) is 3.52. The molecule has 0 unspecified atom stereocenters. The summed E-state index contributed by atoms with van der Waals surface area (Å²) in [5, 5.41) is 0. The van der Waals surface area contributed by atoms with Crippen LogP contribution in [0.4, 0.5) is 0 Å². The molecule has 74 valence electrons. The first-order valence-electron chi connectivity index (χ1n) is 5.22. The molecule has 2 rings (SSSR count). The summed E-state index contributed by atoms with van der Waals surface area (Å²) in [5.41, 5.74) is 3.68. The Morgan fingerprint density at radius 1 is 1.29 bits per heavy atom. The van der Waals surface area contributed by atoms with Gasteiger partial charge < -0.3 is 0 Å². The molecular formula is C12H16N2. The van der Waals surface area contributed by atoms with E-state index < -0.39 is 0 Å². The number of aryl methyl sites for hydroxylation is 2. The Morgan fingerprint density at radius 3 is 2.79 bits per heavy atom. The van der Waals surface area contributed by atoms with Crippen LogP contribution in [0.25, 0.3) is 6.08 Å². The molecule has 0 aliphatic heterocycles. The molecule has 2 nitrogen and oxygen atoms in total. The van der Waals surface area contributed by atoms with Crippen LogP contribution in [0.15, 0.2) is 6.08 Å². The van der Waals surface area contributed by atoms with E-state index in [1.54, 1.807) is 0 Å². The van der Waals surface area contributed by atoms with Gasteiger partial charge in [0, 0.05) is 5.56 Å². The van der Waals surface area contributed by atoms with Crippen molar-refractivity contribution in [2.75, 3.05) is 0 Å². The smallest absolute Gasteiger partial charge is 0.125 e. The lowest BCUT2D eigenvalue weighted by molar-refractivity contribution is 0.772. The summed E-state index contributed by atoms with van der Waals surface area (Å²) in [4.78, 5) is 9.02. The van der Waals surface area contributed by atoms with Crippen LogP contribution in [0.3, 0.4) is 0 Å². The van der Waals surface area contributed by atoms with E-state index >= 15 is 0 Å². The van der Waals surface area contributed by atoms with E-state index in [0.717, 1.165) is 18.7 Å². The van der Waals surface area contributed by atoms with Gasteiger partial charge in [0.2, 0.25) is 0 Å². The number of allylic oxidation sites excluding steroid dienone is 1. The molecular weight excluding hydrogens is 172 g/mol. The number of aromatic nitrogens is 2. The van der Waals surface area contributed by atoms with Crippen molar-refractivity contribution < 1.29 is 0 Å². The Labute approximate surface area is 85.1 Å². The predicted molar refractivity (Wildman–Crippen MR) is 58.2 cm³/mol. The maximum absolute atomic E-state index is 4.52. The largest absolute Gasteiger partial charge is 0.238 e. The van der Waals surface area contributed by atoms with Gasteiger partial charge in [-0.05, 0) is 25.7 Å². The first kappa shape index (κ1) is 9.38. The molecule has 1 heterocycles. The average Bonchev–Trinajstić information content (AvgIpc) is 2.16. The fourth-order valence-electron chi connectivity index (χ4n) is 1.90. The van der Waals surface area contributed by atoms with E-state index in [1.165, 1.54) is 17.0 Å². The van der Waals surface area contributed by atoms with Crippen LogP contribution in [-0.4, -0.2) is 9.97 Å². The monoisotopic (exact) mass is 188 g/mol. The van der Waals surface area contributed by atoms with Crippen molar-refractivity contribution in [1.29, 1.82) is 0 Å². The average molecular weight is 188 g/mol. The number of hydrogen-bond donors (Lipinski definition) is 0. The number of fused-ring (bicyclic) bond motifs is 1. The molecule has 0 N–H and O–H groups in total. The van der Waals surface area contributed by atoms with E-state index in [9.17, 15) is 0 Å². The summed E-state index contributed by atoms with van der Waals surface area (Å²) in [6.07, 6.45) is 6.57. The highest BCUT2D eigenvalue weighted by molar-refractivity contribution is 5.57. The molecule has 0 fully saturated rings. The van der Waals surface area contributed by atoms with E-state index in [1.807, 2.05) is 6.92 Å². The molecule has 0 saturated carbocycles. The van der Waals surface area contributed by atoms with Crippen molar-refractivity contribution in [3.63, 3.8) is 0 Å². The van der Waals surface area contributed by atoms with Crippen LogP contribution < -0.4 is 0 Å². The summed E-state index contributed by atoms with van der Waals surface area (Å²) in [6, 6.07) is 0. The molecule has 1 aliphatic carbocycles. The van der Waals surface area contributed by atoms with Crippen molar-refractivity contribution in [2.45, 2.75) is 39.5 Å². The standard InChI is InChI=1S/C12H16N2/c1-8(2)12-10-6-4-5-7-11(10)13-9(3)14-12/h4,6,8H,5,7H2,1-3H3. The number of nitrogens with zero attached hydrogens (tertiary/aromatic N) is 2. The summed E-state index contributed by atoms with van der Waals surface area (Å²) < 4.78 is 0. The van der Waals surface area contributed by atoms with E-state index in [2.05, 4.69) is 36.0 Å². The van der Waals surface area contributed by atoms with E-state index in [0.29, 0.717) is 5.92 Å². The summed E-state index contributed by atoms with van der Waals surface area (Å²) >= 11 is 0. The van der Waals surface area contributed by atoms with Crippen molar-refractivity contribution in [3.8, 4) is 0 Å². The second-order valence-electron chi connectivity index (χ2n) is 4.11. The van der Waals surface area contributed by atoms with Gasteiger partial charge in [-0.2, -0.15) is 0 Å². The molecule has 0 bridgehead atoms. The first-order chi connectivity index (χ1) is 6.68. The number of hydrogen-bond acceptors (Lipinski definition) is 2. The topological polar surface area (TPSA) is 25.8 Å². The molecule has 0 saturated heterocycles. The van der Waals surface area contributed by atoms with Gasteiger partial charge in [-0.25, -0.2) is 9.97 Å². The molecule has 0 atom stereocenters. The van der Waals surface area contributed by atoms with Crippen LogP contribution in [0, 0.1) is 6.92 Å². The zero-order chi connectivity index (χ0) is 10.1. The molecule has 0 radical (unpaired) electrons. The molecule has 2 heteroatoms. The lowest BCUT2D eigenvalue weighted by Gasteiger charge is -2.16. The normalized spacial score (nSPS) is 14.6. The third kappa shape index (κ3) is 1.57. The van der Waals surface area contributed by atoms with Crippen molar-refractivity contribution in [2.24, 2.45) is 0 Å². The lowest BCUT2D eigenvalue weighted by Crippen LogP contribution is -2.08. The Bertz CT molecular complexity index is 378. The van der Waals surface area contributed by atoms with Gasteiger partial charge in [0.1, 0.15) is 5.82 Å². The Balaban J connectivity index is 2.60. The lowest BCUT2D eigenvalue weighted by atomic mass is 9.96. The second-order valence-corrected chi connectivity index (χ2v) is 4.11. The number of rotatable bonds is 1. The van der Waals surface area contributed by atoms with Crippen molar-refractivity contribution in [3.05, 3.63) is 28.9 Å². The van der Waals surface area contributed by atoms with E-state index in [4.69, 9.17) is 0 Å². The minimum absolute atomic E-state index is 0.480. The SMILES string of the molecule is Cc1nc2c(c(C(C)C)n1)C=CCC2. The summed E-state index contributed by atoms with van der Waals surface area (Å²) in [7, 11) is 0. The van der Waals surface area contributed by atoms with Gasteiger partial charge in [0.25, 0.3) is 0 Å². The predicted octanol–water partition coefficient (Wildman–Crippen LogP) is 2.87. The highest BCUT2D eigenvalue weighted by Crippen LogP contribution is 2.25. The minimum Gasteiger partial charge on any atom is -0.238 e.